The third-order valence-electron chi connectivity index (χ3n) is 3.86. The van der Waals surface area contributed by atoms with Gasteiger partial charge in [-0.15, -0.1) is 0 Å². The summed E-state index contributed by atoms with van der Waals surface area (Å²) in [5.74, 6) is 0.449. The summed E-state index contributed by atoms with van der Waals surface area (Å²) in [6.45, 7) is 0.362. The van der Waals surface area contributed by atoms with E-state index in [9.17, 15) is 14.7 Å². The first-order chi connectivity index (χ1) is 11.0. The smallest absolute Gasteiger partial charge is 0.264 e. The van der Waals surface area contributed by atoms with Crippen molar-refractivity contribution >= 4 is 10.9 Å². The minimum Gasteiger partial charge on any atom is -0.507 e. The Labute approximate surface area is 131 Å². The van der Waals surface area contributed by atoms with Crippen molar-refractivity contribution in [3.8, 4) is 11.5 Å². The van der Waals surface area contributed by atoms with Gasteiger partial charge in [0.1, 0.15) is 16.9 Å². The quantitative estimate of drug-likeness (QED) is 0.794. The molecule has 0 radical (unpaired) electrons. The van der Waals surface area contributed by atoms with Crippen LogP contribution in [0, 0.1) is 0 Å². The standard InChI is InChI=1S/C17H16N2O4/c1-18-13-7-8-19(10-11-3-5-12(23-2)6-4-11)17(22)16(13)14(20)9-15(18)21/h3-9,20H,10H2,1-2H3. The molecule has 0 amide bonds. The van der Waals surface area contributed by atoms with Gasteiger partial charge in [-0.05, 0) is 23.8 Å². The summed E-state index contributed by atoms with van der Waals surface area (Å²) in [4.78, 5) is 24.3. The number of methoxy groups -OCH3 is 1. The van der Waals surface area contributed by atoms with Crippen LogP contribution >= 0.6 is 0 Å². The Morgan fingerprint density at radius 2 is 1.83 bits per heavy atom. The van der Waals surface area contributed by atoms with Crippen LogP contribution in [0.2, 0.25) is 0 Å². The van der Waals surface area contributed by atoms with Crippen LogP contribution in [0.25, 0.3) is 10.9 Å². The van der Waals surface area contributed by atoms with Crippen LogP contribution in [0.1, 0.15) is 5.56 Å². The van der Waals surface area contributed by atoms with Crippen molar-refractivity contribution in [1.82, 2.24) is 9.13 Å². The molecule has 0 unspecified atom stereocenters. The van der Waals surface area contributed by atoms with Crippen LogP contribution in [0.4, 0.5) is 0 Å². The molecule has 0 atom stereocenters. The highest BCUT2D eigenvalue weighted by atomic mass is 16.5. The van der Waals surface area contributed by atoms with Crippen molar-refractivity contribution in [2.75, 3.05) is 7.11 Å². The molecule has 0 bridgehead atoms. The van der Waals surface area contributed by atoms with Crippen LogP contribution in [0.5, 0.6) is 11.5 Å². The second-order valence-corrected chi connectivity index (χ2v) is 5.28. The van der Waals surface area contributed by atoms with Gasteiger partial charge in [0, 0.05) is 19.3 Å². The molecule has 23 heavy (non-hydrogen) atoms. The maximum absolute atomic E-state index is 12.6. The first-order valence-electron chi connectivity index (χ1n) is 7.06. The lowest BCUT2D eigenvalue weighted by atomic mass is 10.2. The van der Waals surface area contributed by atoms with Gasteiger partial charge in [-0.25, -0.2) is 0 Å². The molecule has 3 aromatic rings. The molecule has 0 aliphatic rings. The Bertz CT molecular complexity index is 984. The number of nitrogens with zero attached hydrogens (tertiary/aromatic N) is 2. The Morgan fingerprint density at radius 3 is 2.48 bits per heavy atom. The van der Waals surface area contributed by atoms with E-state index in [2.05, 4.69) is 0 Å². The molecule has 0 spiro atoms. The highest BCUT2D eigenvalue weighted by Crippen LogP contribution is 2.18. The highest BCUT2D eigenvalue weighted by Gasteiger charge is 2.11. The van der Waals surface area contributed by atoms with Gasteiger partial charge in [-0.1, -0.05) is 12.1 Å². The SMILES string of the molecule is COc1ccc(Cn2ccc3c(c(O)cc(=O)n3C)c2=O)cc1. The third-order valence-corrected chi connectivity index (χ3v) is 3.86. The van der Waals surface area contributed by atoms with E-state index in [1.54, 1.807) is 26.4 Å². The molecule has 2 heterocycles. The Kier molecular flexibility index (Phi) is 3.65. The van der Waals surface area contributed by atoms with E-state index in [0.717, 1.165) is 17.4 Å². The number of benzene rings is 1. The number of ether oxygens (including phenoxy) is 1. The lowest BCUT2D eigenvalue weighted by Crippen LogP contribution is -2.24. The molecule has 0 aliphatic carbocycles. The largest absolute Gasteiger partial charge is 0.507 e. The summed E-state index contributed by atoms with van der Waals surface area (Å²) in [5, 5.41) is 10.1. The number of rotatable bonds is 3. The summed E-state index contributed by atoms with van der Waals surface area (Å²) >= 11 is 0. The molecule has 3 rings (SSSR count). The van der Waals surface area contributed by atoms with Crippen molar-refractivity contribution in [2.24, 2.45) is 7.05 Å². The fourth-order valence-corrected chi connectivity index (χ4v) is 2.54. The average Bonchev–Trinajstić information content (AvgIpc) is 2.55. The van der Waals surface area contributed by atoms with E-state index in [0.29, 0.717) is 12.1 Å². The van der Waals surface area contributed by atoms with Gasteiger partial charge in [0.05, 0.1) is 19.2 Å². The molecule has 6 heteroatoms. The fourth-order valence-electron chi connectivity index (χ4n) is 2.54. The minimum absolute atomic E-state index is 0.142. The predicted octanol–water partition coefficient (Wildman–Crippen LogP) is 1.46. The van der Waals surface area contributed by atoms with Crippen molar-refractivity contribution in [1.29, 1.82) is 0 Å². The lowest BCUT2D eigenvalue weighted by Gasteiger charge is -2.11. The number of pyridine rings is 2. The topological polar surface area (TPSA) is 73.5 Å². The van der Waals surface area contributed by atoms with Gasteiger partial charge in [-0.2, -0.15) is 0 Å². The van der Waals surface area contributed by atoms with Crippen LogP contribution in [0.3, 0.4) is 0 Å². The van der Waals surface area contributed by atoms with Crippen molar-refractivity contribution < 1.29 is 9.84 Å². The number of hydrogen-bond donors (Lipinski definition) is 1. The van der Waals surface area contributed by atoms with E-state index < -0.39 is 0 Å². The summed E-state index contributed by atoms with van der Waals surface area (Å²) in [6, 6.07) is 10.1. The predicted molar refractivity (Wildman–Crippen MR) is 87.2 cm³/mol. The molecule has 1 N–H and O–H groups in total. The van der Waals surface area contributed by atoms with E-state index in [-0.39, 0.29) is 22.3 Å². The zero-order valence-corrected chi connectivity index (χ0v) is 12.8. The van der Waals surface area contributed by atoms with Gasteiger partial charge in [0.2, 0.25) is 0 Å². The molecular weight excluding hydrogens is 296 g/mol. The van der Waals surface area contributed by atoms with E-state index in [1.165, 1.54) is 9.13 Å². The highest BCUT2D eigenvalue weighted by molar-refractivity contribution is 5.83. The number of aromatic nitrogens is 2. The Balaban J connectivity index is 2.10. The second kappa shape index (κ2) is 5.64. The molecule has 0 saturated heterocycles. The third kappa shape index (κ3) is 2.59. The number of fused-ring (bicyclic) bond motifs is 1. The number of hydrogen-bond acceptors (Lipinski definition) is 4. The van der Waals surface area contributed by atoms with E-state index in [4.69, 9.17) is 4.74 Å². The first-order valence-corrected chi connectivity index (χ1v) is 7.06. The molecule has 0 saturated carbocycles. The summed E-state index contributed by atoms with van der Waals surface area (Å²) in [7, 11) is 3.16. The average molecular weight is 312 g/mol. The lowest BCUT2D eigenvalue weighted by molar-refractivity contribution is 0.414. The fraction of sp³-hybridized carbons (Fsp3) is 0.176. The van der Waals surface area contributed by atoms with Crippen molar-refractivity contribution in [3.05, 3.63) is 68.9 Å². The van der Waals surface area contributed by atoms with Crippen LogP contribution < -0.4 is 15.9 Å². The molecule has 1 aromatic carbocycles. The maximum Gasteiger partial charge on any atom is 0.264 e. The molecular formula is C17H16N2O4. The molecule has 118 valence electrons. The minimum atomic E-state index is -0.359. The molecule has 0 aliphatic heterocycles. The van der Waals surface area contributed by atoms with Crippen LogP contribution in [-0.2, 0) is 13.6 Å². The number of aryl methyl sites for hydroxylation is 1. The Hall–Kier alpha value is -3.02. The molecule has 2 aromatic heterocycles. The maximum atomic E-state index is 12.6. The van der Waals surface area contributed by atoms with Gasteiger partial charge in [0.15, 0.2) is 0 Å². The van der Waals surface area contributed by atoms with Crippen molar-refractivity contribution in [2.45, 2.75) is 6.54 Å². The van der Waals surface area contributed by atoms with Gasteiger partial charge >= 0.3 is 0 Å². The summed E-state index contributed by atoms with van der Waals surface area (Å²) in [5.41, 5.74) is 0.635. The zero-order chi connectivity index (χ0) is 16.6. The number of aromatic hydroxyl groups is 1. The van der Waals surface area contributed by atoms with Crippen LogP contribution in [-0.4, -0.2) is 21.4 Å². The molecule has 6 nitrogen and oxygen atoms in total. The van der Waals surface area contributed by atoms with Gasteiger partial charge < -0.3 is 19.0 Å². The van der Waals surface area contributed by atoms with Gasteiger partial charge in [-0.3, -0.25) is 9.59 Å². The van der Waals surface area contributed by atoms with Crippen LogP contribution in [0.15, 0.2) is 52.2 Å². The first kappa shape index (κ1) is 14.9. The Morgan fingerprint density at radius 1 is 1.13 bits per heavy atom. The van der Waals surface area contributed by atoms with Crippen molar-refractivity contribution in [3.63, 3.8) is 0 Å². The zero-order valence-electron chi connectivity index (χ0n) is 12.8. The molecule has 0 fully saturated rings. The van der Waals surface area contributed by atoms with Gasteiger partial charge in [0.25, 0.3) is 11.1 Å². The van der Waals surface area contributed by atoms with E-state index >= 15 is 0 Å². The monoisotopic (exact) mass is 312 g/mol. The second-order valence-electron chi connectivity index (χ2n) is 5.28. The van der Waals surface area contributed by atoms with E-state index in [1.807, 2.05) is 24.3 Å². The normalized spacial score (nSPS) is 10.9. The summed E-state index contributed by atoms with van der Waals surface area (Å²) in [6.07, 6.45) is 1.62. The summed E-state index contributed by atoms with van der Waals surface area (Å²) < 4.78 is 7.94.